The summed E-state index contributed by atoms with van der Waals surface area (Å²) in [4.78, 5) is 17.9. The Morgan fingerprint density at radius 2 is 1.58 bits per heavy atom. The number of para-hydroxylation sites is 1. The van der Waals surface area contributed by atoms with Gasteiger partial charge >= 0.3 is 0 Å². The van der Waals surface area contributed by atoms with Gasteiger partial charge in [-0.25, -0.2) is 10.4 Å². The normalized spacial score (nSPS) is 10.9. The molecule has 0 fully saturated rings. The summed E-state index contributed by atoms with van der Waals surface area (Å²) in [6.07, 6.45) is 1.43. The van der Waals surface area contributed by atoms with Crippen molar-refractivity contribution in [3.05, 3.63) is 71.8 Å². The largest absolute Gasteiger partial charge is 0.504 e. The Morgan fingerprint density at radius 3 is 2.22 bits per heavy atom. The quantitative estimate of drug-likeness (QED) is 0.280. The molecular weight excluding hydrogens is 462 g/mol. The third-order valence-corrected chi connectivity index (χ3v) is 5.50. The Hall–Kier alpha value is -4.79. The second kappa shape index (κ2) is 10.6. The van der Waals surface area contributed by atoms with Crippen molar-refractivity contribution in [3.8, 4) is 40.0 Å². The molecule has 3 aromatic carbocycles. The SMILES string of the molecule is COc1ccc(C=NNC(=O)c2cc(-c3cc(OC)c(OC)c(OC)c3)nc3ccccc23)cc1O. The highest BCUT2D eigenvalue weighted by molar-refractivity contribution is 6.07. The Labute approximate surface area is 207 Å². The average molecular weight is 488 g/mol. The molecule has 0 saturated carbocycles. The van der Waals surface area contributed by atoms with Gasteiger partial charge in [-0.1, -0.05) is 18.2 Å². The zero-order chi connectivity index (χ0) is 25.7. The van der Waals surface area contributed by atoms with Crippen LogP contribution < -0.4 is 24.4 Å². The lowest BCUT2D eigenvalue weighted by molar-refractivity contribution is 0.0956. The molecule has 9 nitrogen and oxygen atoms in total. The minimum absolute atomic E-state index is 0.0251. The molecule has 1 aromatic heterocycles. The molecule has 0 radical (unpaired) electrons. The maximum Gasteiger partial charge on any atom is 0.272 e. The van der Waals surface area contributed by atoms with Gasteiger partial charge in [0.05, 0.1) is 51.4 Å². The lowest BCUT2D eigenvalue weighted by atomic mass is 10.0. The predicted octanol–water partition coefficient (Wildman–Crippen LogP) is 4.41. The fraction of sp³-hybridized carbons (Fsp3) is 0.148. The lowest BCUT2D eigenvalue weighted by Gasteiger charge is -2.15. The summed E-state index contributed by atoms with van der Waals surface area (Å²) < 4.78 is 21.4. The highest BCUT2D eigenvalue weighted by Gasteiger charge is 2.18. The first kappa shape index (κ1) is 24.3. The predicted molar refractivity (Wildman–Crippen MR) is 137 cm³/mol. The van der Waals surface area contributed by atoms with E-state index in [2.05, 4.69) is 10.5 Å². The van der Waals surface area contributed by atoms with E-state index in [1.54, 1.807) is 30.3 Å². The summed E-state index contributed by atoms with van der Waals surface area (Å²) in [7, 11) is 6.07. The molecule has 1 amide bonds. The molecule has 0 saturated heterocycles. The number of hydrogen-bond donors (Lipinski definition) is 2. The number of benzene rings is 3. The van der Waals surface area contributed by atoms with Gasteiger partial charge in [0.2, 0.25) is 5.75 Å². The molecule has 4 aromatic rings. The van der Waals surface area contributed by atoms with Gasteiger partial charge in [-0.2, -0.15) is 5.10 Å². The number of carbonyl (C=O) groups is 1. The van der Waals surface area contributed by atoms with Crippen molar-refractivity contribution in [1.82, 2.24) is 10.4 Å². The van der Waals surface area contributed by atoms with Gasteiger partial charge in [0.25, 0.3) is 5.91 Å². The Kier molecular flexibility index (Phi) is 7.20. The number of phenolic OH excluding ortho intramolecular Hbond substituents is 1. The van der Waals surface area contributed by atoms with Gasteiger partial charge in [-0.15, -0.1) is 0 Å². The fourth-order valence-electron chi connectivity index (χ4n) is 3.75. The standard InChI is InChI=1S/C27H25N3O6/c1-33-23-10-9-16(11-22(23)31)15-28-30-27(32)19-14-21(29-20-8-6-5-7-18(19)20)17-12-24(34-2)26(36-4)25(13-17)35-3/h5-15,31H,1-4H3,(H,30,32). The number of hydrazone groups is 1. The number of rotatable bonds is 8. The van der Waals surface area contributed by atoms with Crippen molar-refractivity contribution in [2.45, 2.75) is 0 Å². The van der Waals surface area contributed by atoms with Crippen molar-refractivity contribution in [1.29, 1.82) is 0 Å². The second-order valence-corrected chi connectivity index (χ2v) is 7.62. The Balaban J connectivity index is 1.71. The van der Waals surface area contributed by atoms with Crippen LogP contribution >= 0.6 is 0 Å². The molecule has 0 aliphatic rings. The first-order valence-electron chi connectivity index (χ1n) is 10.9. The minimum Gasteiger partial charge on any atom is -0.504 e. The number of pyridine rings is 1. The number of phenols is 1. The fourth-order valence-corrected chi connectivity index (χ4v) is 3.75. The number of nitrogens with zero attached hydrogens (tertiary/aromatic N) is 2. The van der Waals surface area contributed by atoms with Crippen molar-refractivity contribution in [3.63, 3.8) is 0 Å². The molecule has 184 valence electrons. The third kappa shape index (κ3) is 4.85. The van der Waals surface area contributed by atoms with Crippen LogP contribution in [0.3, 0.4) is 0 Å². The number of amides is 1. The van der Waals surface area contributed by atoms with E-state index < -0.39 is 5.91 Å². The lowest BCUT2D eigenvalue weighted by Crippen LogP contribution is -2.18. The van der Waals surface area contributed by atoms with Gasteiger partial charge in [0.15, 0.2) is 23.0 Å². The number of fused-ring (bicyclic) bond motifs is 1. The third-order valence-electron chi connectivity index (χ3n) is 5.50. The van der Waals surface area contributed by atoms with E-state index in [1.165, 1.54) is 40.7 Å². The zero-order valence-electron chi connectivity index (χ0n) is 20.2. The summed E-state index contributed by atoms with van der Waals surface area (Å²) in [5.41, 5.74) is 5.39. The molecule has 36 heavy (non-hydrogen) atoms. The van der Waals surface area contributed by atoms with E-state index in [0.29, 0.717) is 56.3 Å². The molecular formula is C27H25N3O6. The van der Waals surface area contributed by atoms with Crippen LogP contribution in [0.25, 0.3) is 22.2 Å². The van der Waals surface area contributed by atoms with E-state index >= 15 is 0 Å². The Bertz CT molecular complexity index is 1430. The van der Waals surface area contributed by atoms with Crippen LogP contribution in [-0.2, 0) is 0 Å². The average Bonchev–Trinajstić information content (AvgIpc) is 2.91. The zero-order valence-corrected chi connectivity index (χ0v) is 20.2. The first-order valence-corrected chi connectivity index (χ1v) is 10.9. The van der Waals surface area contributed by atoms with Crippen LogP contribution in [0.1, 0.15) is 15.9 Å². The molecule has 4 rings (SSSR count). The summed E-state index contributed by atoms with van der Waals surface area (Å²) in [5, 5.41) is 14.7. The molecule has 0 aliphatic carbocycles. The molecule has 9 heteroatoms. The van der Waals surface area contributed by atoms with Crippen LogP contribution in [0, 0.1) is 0 Å². The number of ether oxygens (including phenoxy) is 4. The highest BCUT2D eigenvalue weighted by atomic mass is 16.5. The van der Waals surface area contributed by atoms with Crippen LogP contribution in [0.5, 0.6) is 28.7 Å². The van der Waals surface area contributed by atoms with E-state index in [4.69, 9.17) is 23.9 Å². The van der Waals surface area contributed by atoms with Gasteiger partial charge < -0.3 is 24.1 Å². The summed E-state index contributed by atoms with van der Waals surface area (Å²) >= 11 is 0. The molecule has 0 atom stereocenters. The van der Waals surface area contributed by atoms with E-state index in [-0.39, 0.29) is 5.75 Å². The maximum atomic E-state index is 13.2. The van der Waals surface area contributed by atoms with E-state index in [9.17, 15) is 9.90 Å². The number of carbonyl (C=O) groups excluding carboxylic acids is 1. The summed E-state index contributed by atoms with van der Waals surface area (Å²) in [6.45, 7) is 0. The molecule has 0 spiro atoms. The molecule has 2 N–H and O–H groups in total. The number of methoxy groups -OCH3 is 4. The van der Waals surface area contributed by atoms with Gasteiger partial charge in [-0.3, -0.25) is 4.79 Å². The molecule has 0 bridgehead atoms. The van der Waals surface area contributed by atoms with Gasteiger partial charge in [-0.05, 0) is 48.0 Å². The van der Waals surface area contributed by atoms with Crippen molar-refractivity contribution >= 4 is 23.0 Å². The van der Waals surface area contributed by atoms with Crippen molar-refractivity contribution in [2.75, 3.05) is 28.4 Å². The maximum absolute atomic E-state index is 13.2. The van der Waals surface area contributed by atoms with Crippen LogP contribution in [0.15, 0.2) is 65.8 Å². The molecule has 1 heterocycles. The number of nitrogens with one attached hydrogen (secondary N) is 1. The number of aromatic nitrogens is 1. The number of hydrogen-bond acceptors (Lipinski definition) is 8. The first-order chi connectivity index (χ1) is 17.5. The van der Waals surface area contributed by atoms with E-state index in [1.807, 2.05) is 24.3 Å². The number of aromatic hydroxyl groups is 1. The smallest absolute Gasteiger partial charge is 0.272 e. The van der Waals surface area contributed by atoms with Crippen molar-refractivity contribution in [2.24, 2.45) is 5.10 Å². The summed E-state index contributed by atoms with van der Waals surface area (Å²) in [6, 6.07) is 17.4. The second-order valence-electron chi connectivity index (χ2n) is 7.62. The summed E-state index contributed by atoms with van der Waals surface area (Å²) in [5.74, 6) is 1.31. The molecule has 0 unspecified atom stereocenters. The van der Waals surface area contributed by atoms with E-state index in [0.717, 1.165) is 0 Å². The Morgan fingerprint density at radius 1 is 0.889 bits per heavy atom. The van der Waals surface area contributed by atoms with Crippen LogP contribution in [0.4, 0.5) is 0 Å². The van der Waals surface area contributed by atoms with Gasteiger partial charge in [0.1, 0.15) is 0 Å². The van der Waals surface area contributed by atoms with Crippen LogP contribution in [-0.4, -0.2) is 50.7 Å². The van der Waals surface area contributed by atoms with Crippen molar-refractivity contribution < 1.29 is 28.8 Å². The van der Waals surface area contributed by atoms with Crippen LogP contribution in [0.2, 0.25) is 0 Å². The topological polar surface area (TPSA) is 112 Å². The van der Waals surface area contributed by atoms with Gasteiger partial charge in [0, 0.05) is 10.9 Å². The highest BCUT2D eigenvalue weighted by Crippen LogP contribution is 2.41. The minimum atomic E-state index is -0.420. The molecule has 0 aliphatic heterocycles. The monoisotopic (exact) mass is 487 g/mol.